The van der Waals surface area contributed by atoms with E-state index < -0.39 is 10.0 Å². The zero-order valence-electron chi connectivity index (χ0n) is 19.5. The SMILES string of the molecule is Cc1ccc(S(=O)(=O)N2CCN(c3nc(CN(C)C)nc4sc5c(c34)CCCC5)CC2)cc1. The molecule has 0 amide bonds. The van der Waals surface area contributed by atoms with Crippen molar-refractivity contribution in [2.24, 2.45) is 0 Å². The summed E-state index contributed by atoms with van der Waals surface area (Å²) in [5.41, 5.74) is 2.47. The minimum Gasteiger partial charge on any atom is -0.353 e. The molecule has 1 aromatic carbocycles. The fourth-order valence-electron chi connectivity index (χ4n) is 4.76. The molecular formula is C24H31N5O2S2. The third kappa shape index (κ3) is 4.39. The van der Waals surface area contributed by atoms with E-state index in [-0.39, 0.29) is 0 Å². The summed E-state index contributed by atoms with van der Waals surface area (Å²) in [5.74, 6) is 1.82. The Bertz CT molecular complexity index is 1260. The van der Waals surface area contributed by atoms with Gasteiger partial charge in [-0.1, -0.05) is 17.7 Å². The summed E-state index contributed by atoms with van der Waals surface area (Å²) >= 11 is 1.82. The molecule has 0 atom stereocenters. The third-order valence-electron chi connectivity index (χ3n) is 6.50. The molecule has 7 nitrogen and oxygen atoms in total. The highest BCUT2D eigenvalue weighted by molar-refractivity contribution is 7.89. The standard InChI is InChI=1S/C24H31N5O2S2/c1-17-8-10-18(11-9-17)33(30,31)29-14-12-28(13-15-29)23-22-19-6-4-5-7-20(19)32-24(22)26-21(25-23)16-27(2)3/h8-11H,4-7,12-16H2,1-3H3. The zero-order chi connectivity index (χ0) is 23.2. The molecule has 0 radical (unpaired) electrons. The Morgan fingerprint density at radius 1 is 1.00 bits per heavy atom. The van der Waals surface area contributed by atoms with E-state index in [9.17, 15) is 8.42 Å². The molecular weight excluding hydrogens is 454 g/mol. The van der Waals surface area contributed by atoms with E-state index in [1.54, 1.807) is 16.4 Å². The van der Waals surface area contributed by atoms with E-state index in [2.05, 4.69) is 9.80 Å². The van der Waals surface area contributed by atoms with Gasteiger partial charge in [0.1, 0.15) is 16.5 Å². The summed E-state index contributed by atoms with van der Waals surface area (Å²) in [6.07, 6.45) is 4.66. The lowest BCUT2D eigenvalue weighted by atomic mass is 9.97. The van der Waals surface area contributed by atoms with Crippen molar-refractivity contribution in [3.05, 3.63) is 46.1 Å². The first-order valence-electron chi connectivity index (χ1n) is 11.6. The summed E-state index contributed by atoms with van der Waals surface area (Å²) in [6, 6.07) is 7.12. The maximum atomic E-state index is 13.2. The molecule has 0 saturated carbocycles. The molecule has 9 heteroatoms. The molecule has 3 aromatic rings. The van der Waals surface area contributed by atoms with Crippen LogP contribution in [0.3, 0.4) is 0 Å². The number of hydrogen-bond donors (Lipinski definition) is 0. The zero-order valence-corrected chi connectivity index (χ0v) is 21.2. The second kappa shape index (κ2) is 8.94. The van der Waals surface area contributed by atoms with Gasteiger partial charge in [-0.25, -0.2) is 18.4 Å². The van der Waals surface area contributed by atoms with E-state index in [1.807, 2.05) is 44.5 Å². The maximum Gasteiger partial charge on any atom is 0.243 e. The van der Waals surface area contributed by atoms with Crippen molar-refractivity contribution in [2.45, 2.75) is 44.0 Å². The smallest absolute Gasteiger partial charge is 0.243 e. The molecule has 1 saturated heterocycles. The van der Waals surface area contributed by atoms with Crippen LogP contribution in [0.2, 0.25) is 0 Å². The second-order valence-electron chi connectivity index (χ2n) is 9.30. The van der Waals surface area contributed by atoms with Gasteiger partial charge in [0.05, 0.1) is 16.8 Å². The number of rotatable bonds is 5. The molecule has 2 aromatic heterocycles. The van der Waals surface area contributed by atoms with Gasteiger partial charge in [0.2, 0.25) is 10.0 Å². The van der Waals surface area contributed by atoms with Gasteiger partial charge in [-0.2, -0.15) is 4.31 Å². The molecule has 0 N–H and O–H groups in total. The summed E-state index contributed by atoms with van der Waals surface area (Å²) in [6.45, 7) is 4.82. The largest absolute Gasteiger partial charge is 0.353 e. The fraction of sp³-hybridized carbons (Fsp3) is 0.500. The Kier molecular flexibility index (Phi) is 6.15. The molecule has 2 aliphatic rings. The van der Waals surface area contributed by atoms with Crippen LogP contribution in [-0.4, -0.2) is 67.9 Å². The van der Waals surface area contributed by atoms with Crippen molar-refractivity contribution in [1.82, 2.24) is 19.2 Å². The van der Waals surface area contributed by atoms with Crippen LogP contribution in [0.25, 0.3) is 10.2 Å². The number of nitrogens with zero attached hydrogens (tertiary/aromatic N) is 5. The number of fused-ring (bicyclic) bond motifs is 3. The highest BCUT2D eigenvalue weighted by Gasteiger charge is 2.31. The minimum atomic E-state index is -3.49. The number of piperazine rings is 1. The van der Waals surface area contributed by atoms with E-state index in [0.717, 1.165) is 34.9 Å². The Labute approximate surface area is 200 Å². The summed E-state index contributed by atoms with van der Waals surface area (Å²) < 4.78 is 27.9. The van der Waals surface area contributed by atoms with E-state index in [4.69, 9.17) is 9.97 Å². The van der Waals surface area contributed by atoms with Crippen LogP contribution in [0, 0.1) is 6.92 Å². The van der Waals surface area contributed by atoms with Gasteiger partial charge in [0.25, 0.3) is 0 Å². The average Bonchev–Trinajstić information content (AvgIpc) is 3.17. The van der Waals surface area contributed by atoms with Crippen LogP contribution in [0.5, 0.6) is 0 Å². The van der Waals surface area contributed by atoms with Crippen LogP contribution >= 0.6 is 11.3 Å². The predicted octanol–water partition coefficient (Wildman–Crippen LogP) is 3.45. The van der Waals surface area contributed by atoms with Gasteiger partial charge in [-0.05, 0) is 64.4 Å². The van der Waals surface area contributed by atoms with Gasteiger partial charge < -0.3 is 9.80 Å². The first kappa shape index (κ1) is 22.7. The third-order valence-corrected chi connectivity index (χ3v) is 9.60. The lowest BCUT2D eigenvalue weighted by molar-refractivity contribution is 0.381. The normalized spacial score (nSPS) is 17.6. The first-order chi connectivity index (χ1) is 15.8. The summed E-state index contributed by atoms with van der Waals surface area (Å²) in [7, 11) is 0.573. The molecule has 1 fully saturated rings. The van der Waals surface area contributed by atoms with Crippen molar-refractivity contribution in [2.75, 3.05) is 45.2 Å². The predicted molar refractivity (Wildman–Crippen MR) is 134 cm³/mol. The van der Waals surface area contributed by atoms with E-state index in [1.165, 1.54) is 28.7 Å². The number of sulfonamides is 1. The van der Waals surface area contributed by atoms with Gasteiger partial charge in [-0.15, -0.1) is 11.3 Å². The molecule has 5 rings (SSSR count). The Morgan fingerprint density at radius 2 is 1.70 bits per heavy atom. The highest BCUT2D eigenvalue weighted by atomic mass is 32.2. The van der Waals surface area contributed by atoms with Crippen LogP contribution in [0.15, 0.2) is 29.2 Å². The molecule has 0 spiro atoms. The van der Waals surface area contributed by atoms with Crippen molar-refractivity contribution >= 4 is 37.4 Å². The molecule has 1 aliphatic heterocycles. The van der Waals surface area contributed by atoms with Gasteiger partial charge in [0, 0.05) is 31.1 Å². The maximum absolute atomic E-state index is 13.2. The average molecular weight is 486 g/mol. The lowest BCUT2D eigenvalue weighted by Gasteiger charge is -2.35. The summed E-state index contributed by atoms with van der Waals surface area (Å²) in [4.78, 5) is 17.2. The van der Waals surface area contributed by atoms with Crippen LogP contribution in [-0.2, 0) is 29.4 Å². The molecule has 176 valence electrons. The molecule has 0 bridgehead atoms. The Balaban J connectivity index is 1.45. The summed E-state index contributed by atoms with van der Waals surface area (Å²) in [5, 5.41) is 1.20. The Hall–Kier alpha value is -2.07. The van der Waals surface area contributed by atoms with Crippen LogP contribution in [0.1, 0.15) is 34.7 Å². The topological polar surface area (TPSA) is 69.6 Å². The quantitative estimate of drug-likeness (QED) is 0.551. The van der Waals surface area contributed by atoms with Gasteiger partial charge >= 0.3 is 0 Å². The monoisotopic (exact) mass is 485 g/mol. The van der Waals surface area contributed by atoms with Gasteiger partial charge in [0.15, 0.2) is 0 Å². The molecule has 33 heavy (non-hydrogen) atoms. The first-order valence-corrected chi connectivity index (χ1v) is 13.9. The number of thiophene rings is 1. The van der Waals surface area contributed by atoms with Crippen molar-refractivity contribution in [1.29, 1.82) is 0 Å². The number of benzene rings is 1. The van der Waals surface area contributed by atoms with Crippen molar-refractivity contribution < 1.29 is 8.42 Å². The Morgan fingerprint density at radius 3 is 2.39 bits per heavy atom. The minimum absolute atomic E-state index is 0.367. The fourth-order valence-corrected chi connectivity index (χ4v) is 7.46. The lowest BCUT2D eigenvalue weighted by Crippen LogP contribution is -2.49. The van der Waals surface area contributed by atoms with Crippen LogP contribution < -0.4 is 4.90 Å². The molecule has 0 unspecified atom stereocenters. The highest BCUT2D eigenvalue weighted by Crippen LogP contribution is 2.40. The van der Waals surface area contributed by atoms with Crippen LogP contribution in [0.4, 0.5) is 5.82 Å². The van der Waals surface area contributed by atoms with Crippen molar-refractivity contribution in [3.63, 3.8) is 0 Å². The number of hydrogen-bond acceptors (Lipinski definition) is 7. The second-order valence-corrected chi connectivity index (χ2v) is 12.3. The van der Waals surface area contributed by atoms with E-state index in [0.29, 0.717) is 37.6 Å². The van der Waals surface area contributed by atoms with E-state index >= 15 is 0 Å². The number of aromatic nitrogens is 2. The van der Waals surface area contributed by atoms with Crippen molar-refractivity contribution in [3.8, 4) is 0 Å². The van der Waals surface area contributed by atoms with Gasteiger partial charge in [-0.3, -0.25) is 0 Å². The number of anilines is 1. The molecule has 1 aliphatic carbocycles. The number of aryl methyl sites for hydroxylation is 3. The molecule has 3 heterocycles.